The third-order valence-corrected chi connectivity index (χ3v) is 6.11. The fourth-order valence-electron chi connectivity index (χ4n) is 1.25. The summed E-state index contributed by atoms with van der Waals surface area (Å²) in [5.74, 6) is -1.08. The Bertz CT molecular complexity index is 606. The Morgan fingerprint density at radius 3 is 2.47 bits per heavy atom. The molecule has 19 heavy (non-hydrogen) atoms. The first-order valence-corrected chi connectivity index (χ1v) is 7.98. The Hall–Kier alpha value is -0.340. The van der Waals surface area contributed by atoms with E-state index in [1.54, 1.807) is 0 Å². The van der Waals surface area contributed by atoms with Crippen LogP contribution in [0.4, 0.5) is 0 Å². The molecule has 0 saturated carbocycles. The zero-order valence-electron chi connectivity index (χ0n) is 9.73. The van der Waals surface area contributed by atoms with Crippen LogP contribution in [-0.4, -0.2) is 37.4 Å². The van der Waals surface area contributed by atoms with Gasteiger partial charge >= 0.3 is 5.97 Å². The molecule has 0 aliphatic heterocycles. The molecule has 0 aromatic heterocycles. The highest BCUT2D eigenvalue weighted by Gasteiger charge is 2.25. The number of carbonyl (C=O) groups is 1. The number of benzene rings is 1. The van der Waals surface area contributed by atoms with Crippen molar-refractivity contribution in [2.24, 2.45) is 0 Å². The molecule has 0 heterocycles. The molecule has 0 aliphatic carbocycles. The van der Waals surface area contributed by atoms with E-state index in [0.717, 1.165) is 4.31 Å². The van der Waals surface area contributed by atoms with Crippen LogP contribution in [-0.2, 0) is 14.8 Å². The van der Waals surface area contributed by atoms with E-state index in [2.05, 4.69) is 15.9 Å². The molecule has 0 saturated heterocycles. The third-order valence-electron chi connectivity index (χ3n) is 2.33. The smallest absolute Gasteiger partial charge is 0.304 e. The van der Waals surface area contributed by atoms with E-state index < -0.39 is 16.0 Å². The summed E-state index contributed by atoms with van der Waals surface area (Å²) in [7, 11) is -2.59. The number of sulfonamides is 1. The molecule has 0 spiro atoms. The first-order valence-electron chi connectivity index (χ1n) is 4.99. The van der Waals surface area contributed by atoms with E-state index in [-0.39, 0.29) is 27.9 Å². The van der Waals surface area contributed by atoms with Crippen LogP contribution in [0.15, 0.2) is 21.5 Å². The molecule has 0 aliphatic rings. The Balaban J connectivity index is 3.14. The molecule has 1 rings (SSSR count). The van der Waals surface area contributed by atoms with Gasteiger partial charge in [-0.2, -0.15) is 0 Å². The van der Waals surface area contributed by atoms with E-state index in [9.17, 15) is 13.2 Å². The van der Waals surface area contributed by atoms with Crippen LogP contribution in [0.1, 0.15) is 6.42 Å². The fourth-order valence-corrected chi connectivity index (χ4v) is 3.61. The van der Waals surface area contributed by atoms with Gasteiger partial charge in [-0.25, -0.2) is 12.7 Å². The van der Waals surface area contributed by atoms with Gasteiger partial charge in [-0.1, -0.05) is 23.2 Å². The van der Waals surface area contributed by atoms with E-state index in [1.807, 2.05) is 0 Å². The maximum absolute atomic E-state index is 12.2. The van der Waals surface area contributed by atoms with Crippen molar-refractivity contribution in [1.82, 2.24) is 4.31 Å². The normalized spacial score (nSPS) is 11.8. The fraction of sp³-hybridized carbons (Fsp3) is 0.300. The molecule has 0 amide bonds. The van der Waals surface area contributed by atoms with Crippen LogP contribution in [0.2, 0.25) is 10.0 Å². The Morgan fingerprint density at radius 2 is 1.95 bits per heavy atom. The lowest BCUT2D eigenvalue weighted by molar-refractivity contribution is -0.137. The van der Waals surface area contributed by atoms with E-state index in [1.165, 1.54) is 19.2 Å². The number of carboxylic acid groups (broad SMARTS) is 1. The summed E-state index contributed by atoms with van der Waals surface area (Å²) in [6, 6.07) is 2.77. The highest BCUT2D eigenvalue weighted by molar-refractivity contribution is 9.10. The Morgan fingerprint density at radius 1 is 1.37 bits per heavy atom. The molecule has 5 nitrogen and oxygen atoms in total. The van der Waals surface area contributed by atoms with Crippen molar-refractivity contribution >= 4 is 55.1 Å². The highest BCUT2D eigenvalue weighted by atomic mass is 79.9. The van der Waals surface area contributed by atoms with Gasteiger partial charge in [-0.15, -0.1) is 0 Å². The molecule has 0 bridgehead atoms. The minimum atomic E-state index is -3.87. The Kier molecular flexibility index (Phi) is 5.64. The van der Waals surface area contributed by atoms with Crippen molar-refractivity contribution in [2.75, 3.05) is 13.6 Å². The second kappa shape index (κ2) is 6.41. The van der Waals surface area contributed by atoms with Crippen LogP contribution < -0.4 is 0 Å². The van der Waals surface area contributed by atoms with Crippen molar-refractivity contribution in [2.45, 2.75) is 11.3 Å². The molecule has 0 fully saturated rings. The van der Waals surface area contributed by atoms with Gasteiger partial charge in [0.05, 0.1) is 16.5 Å². The third kappa shape index (κ3) is 3.82. The first kappa shape index (κ1) is 16.7. The summed E-state index contributed by atoms with van der Waals surface area (Å²) in [6.45, 7) is -0.151. The predicted octanol–water partition coefficient (Wildman–Crippen LogP) is 2.85. The van der Waals surface area contributed by atoms with E-state index in [0.29, 0.717) is 4.47 Å². The zero-order chi connectivity index (χ0) is 14.8. The number of carboxylic acids is 1. The topological polar surface area (TPSA) is 74.7 Å². The number of aliphatic carboxylic acids is 1. The van der Waals surface area contributed by atoms with Gasteiger partial charge in [0, 0.05) is 18.1 Å². The second-order valence-electron chi connectivity index (χ2n) is 3.64. The standard InChI is InChI=1S/C10H10BrCl2NO4S/c1-14(5-4-8(15)16)19(17,18)7-3-2-6(11)9(12)10(7)13/h2-3H,4-5H2,1H3,(H,15,16). The molecule has 9 heteroatoms. The predicted molar refractivity (Wildman–Crippen MR) is 76.2 cm³/mol. The summed E-state index contributed by atoms with van der Waals surface area (Å²) in [4.78, 5) is 10.3. The Labute approximate surface area is 129 Å². The van der Waals surface area contributed by atoms with Crippen LogP contribution in [0.5, 0.6) is 0 Å². The van der Waals surface area contributed by atoms with Gasteiger partial charge in [0.1, 0.15) is 4.90 Å². The van der Waals surface area contributed by atoms with Crippen LogP contribution in [0.3, 0.4) is 0 Å². The molecule has 0 atom stereocenters. The van der Waals surface area contributed by atoms with Gasteiger partial charge in [-0.05, 0) is 28.1 Å². The van der Waals surface area contributed by atoms with Crippen LogP contribution in [0, 0.1) is 0 Å². The van der Waals surface area contributed by atoms with Gasteiger partial charge in [0.15, 0.2) is 0 Å². The highest BCUT2D eigenvalue weighted by Crippen LogP contribution is 2.36. The maximum Gasteiger partial charge on any atom is 0.304 e. The minimum absolute atomic E-state index is 0.0920. The molecule has 106 valence electrons. The van der Waals surface area contributed by atoms with E-state index >= 15 is 0 Å². The van der Waals surface area contributed by atoms with Crippen LogP contribution >= 0.6 is 39.1 Å². The first-order chi connectivity index (χ1) is 8.67. The monoisotopic (exact) mass is 389 g/mol. The SMILES string of the molecule is CN(CCC(=O)O)S(=O)(=O)c1ccc(Br)c(Cl)c1Cl. The van der Waals surface area contributed by atoms with Crippen molar-refractivity contribution in [3.05, 3.63) is 26.7 Å². The van der Waals surface area contributed by atoms with Crippen LogP contribution in [0.25, 0.3) is 0 Å². The number of rotatable bonds is 5. The van der Waals surface area contributed by atoms with Crippen molar-refractivity contribution in [1.29, 1.82) is 0 Å². The lowest BCUT2D eigenvalue weighted by atomic mass is 10.4. The van der Waals surface area contributed by atoms with E-state index in [4.69, 9.17) is 28.3 Å². The van der Waals surface area contributed by atoms with Crippen molar-refractivity contribution in [3.8, 4) is 0 Å². The second-order valence-corrected chi connectivity index (χ2v) is 7.27. The number of nitrogens with zero attached hydrogens (tertiary/aromatic N) is 1. The maximum atomic E-state index is 12.2. The number of hydrogen-bond acceptors (Lipinski definition) is 3. The van der Waals surface area contributed by atoms with Gasteiger partial charge < -0.3 is 5.11 Å². The molecule has 0 unspecified atom stereocenters. The van der Waals surface area contributed by atoms with Crippen molar-refractivity contribution < 1.29 is 18.3 Å². The number of hydrogen-bond donors (Lipinski definition) is 1. The summed E-state index contributed by atoms with van der Waals surface area (Å²) in [5.41, 5.74) is 0. The summed E-state index contributed by atoms with van der Waals surface area (Å²) in [6.07, 6.45) is -0.294. The van der Waals surface area contributed by atoms with Gasteiger partial charge in [0.25, 0.3) is 0 Å². The lowest BCUT2D eigenvalue weighted by Crippen LogP contribution is -2.29. The molecule has 1 aromatic rings. The summed E-state index contributed by atoms with van der Waals surface area (Å²) >= 11 is 14.9. The molecule has 1 aromatic carbocycles. The van der Waals surface area contributed by atoms with Crippen molar-refractivity contribution in [3.63, 3.8) is 0 Å². The quantitative estimate of drug-likeness (QED) is 0.784. The number of halogens is 3. The molecule has 1 N–H and O–H groups in total. The molecule has 0 radical (unpaired) electrons. The lowest BCUT2D eigenvalue weighted by Gasteiger charge is -2.17. The average molecular weight is 391 g/mol. The zero-order valence-corrected chi connectivity index (χ0v) is 13.6. The summed E-state index contributed by atoms with van der Waals surface area (Å²) < 4.78 is 25.8. The van der Waals surface area contributed by atoms with Gasteiger partial charge in [0.2, 0.25) is 10.0 Å². The summed E-state index contributed by atoms with van der Waals surface area (Å²) in [5, 5.41) is 8.55. The minimum Gasteiger partial charge on any atom is -0.481 e. The van der Waals surface area contributed by atoms with Gasteiger partial charge in [-0.3, -0.25) is 4.79 Å². The molecular weight excluding hydrogens is 381 g/mol. The molecular formula is C10H10BrCl2NO4S. The average Bonchev–Trinajstić information content (AvgIpc) is 2.32. The largest absolute Gasteiger partial charge is 0.481 e.